The summed E-state index contributed by atoms with van der Waals surface area (Å²) in [7, 11) is 0. The molecule has 3 heteroatoms. The first-order chi connectivity index (χ1) is 6.06. The molecule has 0 spiro atoms. The van der Waals surface area contributed by atoms with Crippen LogP contribution in [0.1, 0.15) is 40.4 Å². The van der Waals surface area contributed by atoms with Crippen molar-refractivity contribution >= 4 is 5.97 Å². The molecule has 0 unspecified atom stereocenters. The summed E-state index contributed by atoms with van der Waals surface area (Å²) in [5, 5.41) is 7.42. The maximum atomic E-state index is 9.00. The third kappa shape index (κ3) is 8.50. The van der Waals surface area contributed by atoms with Crippen molar-refractivity contribution in [2.45, 2.75) is 42.9 Å². The molecule has 0 aromatic rings. The molecular formula is C9H17HgO2. The summed E-state index contributed by atoms with van der Waals surface area (Å²) in [6.07, 6.45) is 5.38. The van der Waals surface area contributed by atoms with Gasteiger partial charge in [0.05, 0.1) is 0 Å². The number of hydrogen-bond donors (Lipinski definition) is 1. The quantitative estimate of drug-likeness (QED) is 0.732. The molecule has 0 heterocycles. The molecule has 12 heavy (non-hydrogen) atoms. The minimum atomic E-state index is -0.833. The summed E-state index contributed by atoms with van der Waals surface area (Å²) in [4.78, 5) is 9.00. The Balaban J connectivity index is 0.000000310. The SMILES string of the molecule is CC(=O)O.[2H]C1CCC([CH2][Hg])CC1. The van der Waals surface area contributed by atoms with Crippen molar-refractivity contribution in [2.75, 3.05) is 0 Å². The Bertz CT molecular complexity index is 141. The Hall–Kier alpha value is 0.405. The molecule has 0 aromatic heterocycles. The number of hydrogen-bond acceptors (Lipinski definition) is 1. The standard InChI is InChI=1S/C7H13.C2H4O2.Hg/c1-7-5-3-2-4-6-7;1-2(3)4;/h7H,1-6H2;1H3,(H,3,4);/i2D;;. The topological polar surface area (TPSA) is 37.3 Å². The van der Waals surface area contributed by atoms with Gasteiger partial charge >= 0.3 is 69.4 Å². The van der Waals surface area contributed by atoms with Crippen LogP contribution in [0.3, 0.4) is 0 Å². The van der Waals surface area contributed by atoms with Crippen LogP contribution in [0.4, 0.5) is 0 Å². The molecular weight excluding hydrogens is 341 g/mol. The van der Waals surface area contributed by atoms with Gasteiger partial charge in [-0.1, -0.05) is 0 Å². The third-order valence-electron chi connectivity index (χ3n) is 1.97. The molecule has 0 atom stereocenters. The molecule has 0 bridgehead atoms. The summed E-state index contributed by atoms with van der Waals surface area (Å²) in [6.45, 7) is 1.08. The third-order valence-corrected chi connectivity index (χ3v) is 5.14. The fraction of sp³-hybridized carbons (Fsp3) is 0.889. The van der Waals surface area contributed by atoms with Gasteiger partial charge in [0.15, 0.2) is 0 Å². The zero-order valence-corrected chi connectivity index (χ0v) is 13.3. The molecule has 0 amide bonds. The van der Waals surface area contributed by atoms with E-state index in [1.807, 2.05) is 0 Å². The van der Waals surface area contributed by atoms with E-state index in [2.05, 4.69) is 0 Å². The van der Waals surface area contributed by atoms with E-state index in [0.717, 1.165) is 39.0 Å². The van der Waals surface area contributed by atoms with Crippen LogP contribution >= 0.6 is 0 Å². The number of carbonyl (C=O) groups is 1. The van der Waals surface area contributed by atoms with Crippen LogP contribution in [0.5, 0.6) is 0 Å². The number of carboxylic acid groups (broad SMARTS) is 1. The summed E-state index contributed by atoms with van der Waals surface area (Å²) in [6, 6.07) is 0. The first-order valence-corrected chi connectivity index (χ1v) is 8.36. The molecule has 1 aliphatic carbocycles. The summed E-state index contributed by atoms with van der Waals surface area (Å²) < 4.78 is 8.97. The molecule has 67 valence electrons. The van der Waals surface area contributed by atoms with Crippen LogP contribution in [0.2, 0.25) is 3.93 Å². The van der Waals surface area contributed by atoms with Crippen LogP contribution < -0.4 is 0 Å². The van der Waals surface area contributed by atoms with Crippen LogP contribution in [0.15, 0.2) is 0 Å². The average Bonchev–Trinajstić information content (AvgIpc) is 2.05. The second-order valence-corrected chi connectivity index (χ2v) is 5.36. The first-order valence-electron chi connectivity index (χ1n) is 5.05. The van der Waals surface area contributed by atoms with Gasteiger partial charge in [-0.25, -0.2) is 0 Å². The van der Waals surface area contributed by atoms with Crippen molar-refractivity contribution in [2.24, 2.45) is 5.92 Å². The van der Waals surface area contributed by atoms with Gasteiger partial charge in [0.1, 0.15) is 0 Å². The Morgan fingerprint density at radius 3 is 2.42 bits per heavy atom. The molecule has 2 nitrogen and oxygen atoms in total. The zero-order chi connectivity index (χ0) is 10.3. The first kappa shape index (κ1) is 10.5. The van der Waals surface area contributed by atoms with Gasteiger partial charge in [-0.15, -0.1) is 0 Å². The molecule has 1 N–H and O–H groups in total. The van der Waals surface area contributed by atoms with Crippen molar-refractivity contribution in [3.63, 3.8) is 0 Å². The molecule has 0 aliphatic heterocycles. The molecule has 1 aliphatic rings. The van der Waals surface area contributed by atoms with E-state index in [4.69, 9.17) is 11.3 Å². The average molecular weight is 359 g/mol. The van der Waals surface area contributed by atoms with Gasteiger partial charge in [0.2, 0.25) is 0 Å². The predicted molar refractivity (Wildman–Crippen MR) is 44.7 cm³/mol. The van der Waals surface area contributed by atoms with Crippen LogP contribution in [0.25, 0.3) is 0 Å². The molecule has 0 radical (unpaired) electrons. The summed E-state index contributed by atoms with van der Waals surface area (Å²) in [5.74, 6) is 0.204. The summed E-state index contributed by atoms with van der Waals surface area (Å²) >= 11 is 1.00. The van der Waals surface area contributed by atoms with Crippen molar-refractivity contribution < 1.29 is 37.4 Å². The fourth-order valence-electron chi connectivity index (χ4n) is 1.28. The second-order valence-electron chi connectivity index (χ2n) is 3.12. The number of aliphatic carboxylic acids is 1. The van der Waals surface area contributed by atoms with Crippen LogP contribution in [-0.2, 0) is 30.9 Å². The van der Waals surface area contributed by atoms with Gasteiger partial charge in [-0.2, -0.15) is 0 Å². The van der Waals surface area contributed by atoms with Crippen molar-refractivity contribution in [3.8, 4) is 0 Å². The van der Waals surface area contributed by atoms with Gasteiger partial charge in [0, 0.05) is 6.92 Å². The Labute approximate surface area is 92.1 Å². The van der Waals surface area contributed by atoms with E-state index >= 15 is 0 Å². The van der Waals surface area contributed by atoms with E-state index in [9.17, 15) is 0 Å². The van der Waals surface area contributed by atoms with E-state index < -0.39 is 5.97 Å². The van der Waals surface area contributed by atoms with Gasteiger partial charge in [-0.3, -0.25) is 4.79 Å². The van der Waals surface area contributed by atoms with E-state index in [0.29, 0.717) is 6.40 Å². The van der Waals surface area contributed by atoms with E-state index in [1.54, 1.807) is 0 Å². The summed E-state index contributed by atoms with van der Waals surface area (Å²) in [5.41, 5.74) is 0. The molecule has 0 saturated heterocycles. The van der Waals surface area contributed by atoms with Crippen LogP contribution in [0, 0.1) is 5.92 Å². The molecule has 0 aromatic carbocycles. The van der Waals surface area contributed by atoms with Crippen molar-refractivity contribution in [3.05, 3.63) is 0 Å². The van der Waals surface area contributed by atoms with Crippen molar-refractivity contribution in [1.29, 1.82) is 0 Å². The minimum absolute atomic E-state index is 0.293. The maximum absolute atomic E-state index is 9.00. The van der Waals surface area contributed by atoms with E-state index in [1.165, 1.54) is 29.6 Å². The predicted octanol–water partition coefficient (Wildman–Crippen LogP) is 2.62. The van der Waals surface area contributed by atoms with Gasteiger partial charge in [0.25, 0.3) is 5.97 Å². The fourth-order valence-corrected chi connectivity index (χ4v) is 3.53. The normalized spacial score (nSPS) is 29.8. The monoisotopic (exact) mass is 360 g/mol. The molecule has 1 rings (SSSR count). The van der Waals surface area contributed by atoms with E-state index in [-0.39, 0.29) is 0 Å². The zero-order valence-electron chi connectivity index (χ0n) is 8.75. The molecule has 1 fully saturated rings. The second kappa shape index (κ2) is 8.02. The Morgan fingerprint density at radius 1 is 1.67 bits per heavy atom. The number of carboxylic acids is 1. The van der Waals surface area contributed by atoms with Crippen LogP contribution in [-0.4, -0.2) is 11.1 Å². The Morgan fingerprint density at radius 2 is 2.08 bits per heavy atom. The van der Waals surface area contributed by atoms with Crippen molar-refractivity contribution in [1.82, 2.24) is 0 Å². The number of rotatable bonds is 1. The van der Waals surface area contributed by atoms with Gasteiger partial charge in [-0.05, 0) is 0 Å². The van der Waals surface area contributed by atoms with Gasteiger partial charge < -0.3 is 5.11 Å². The Kier molecular flexibility index (Phi) is 7.01. The molecule has 1 saturated carbocycles.